The van der Waals surface area contributed by atoms with E-state index in [4.69, 9.17) is 11.6 Å². The Balaban J connectivity index is 2.73. The van der Waals surface area contributed by atoms with Crippen molar-refractivity contribution in [3.63, 3.8) is 0 Å². The Kier molecular flexibility index (Phi) is 2.35. The Morgan fingerprint density at radius 1 is 1.27 bits per heavy atom. The number of para-hydroxylation sites is 1. The highest BCUT2D eigenvalue weighted by atomic mass is 35.5. The Labute approximate surface area is 90.7 Å². The number of aromatic nitrogens is 1. The van der Waals surface area contributed by atoms with Gasteiger partial charge in [0.2, 0.25) is 0 Å². The molecule has 0 aliphatic carbocycles. The van der Waals surface area contributed by atoms with Gasteiger partial charge in [0.25, 0.3) is 0 Å². The highest BCUT2D eigenvalue weighted by molar-refractivity contribution is 6.21. The predicted octanol–water partition coefficient (Wildman–Crippen LogP) is 3.83. The molecule has 0 atom stereocenters. The normalized spacial score (nSPS) is 12.0. The van der Waals surface area contributed by atoms with E-state index in [2.05, 4.69) is 4.98 Å². The summed E-state index contributed by atoms with van der Waals surface area (Å²) < 4.78 is 25.7. The highest BCUT2D eigenvalue weighted by Gasteiger charge is 2.30. The largest absolute Gasteiger partial charge is 0.364 e. The molecule has 0 fully saturated rings. The maximum absolute atomic E-state index is 12.9. The van der Waals surface area contributed by atoms with Crippen molar-refractivity contribution < 1.29 is 8.78 Å². The molecule has 0 radical (unpaired) electrons. The molecule has 0 spiro atoms. The summed E-state index contributed by atoms with van der Waals surface area (Å²) in [6.07, 6.45) is 0. The fourth-order valence-electron chi connectivity index (χ4n) is 1.49. The second kappa shape index (κ2) is 3.42. The highest BCUT2D eigenvalue weighted by Crippen LogP contribution is 2.32. The van der Waals surface area contributed by atoms with Crippen molar-refractivity contribution in [3.8, 4) is 0 Å². The SMILES string of the molecule is Cc1cc(C(F)(F)Cl)nc2ccccc12. The molecule has 78 valence electrons. The summed E-state index contributed by atoms with van der Waals surface area (Å²) in [5.74, 6) is 0. The Hall–Kier alpha value is -1.22. The molecule has 0 aliphatic heterocycles. The summed E-state index contributed by atoms with van der Waals surface area (Å²) in [5, 5.41) is -2.54. The number of hydrogen-bond donors (Lipinski definition) is 0. The summed E-state index contributed by atoms with van der Waals surface area (Å²) in [7, 11) is 0. The van der Waals surface area contributed by atoms with Gasteiger partial charge in [-0.15, -0.1) is 0 Å². The number of nitrogens with zero attached hydrogens (tertiary/aromatic N) is 1. The van der Waals surface area contributed by atoms with Crippen molar-refractivity contribution in [2.45, 2.75) is 12.3 Å². The van der Waals surface area contributed by atoms with Gasteiger partial charge in [-0.2, -0.15) is 8.78 Å². The molecule has 15 heavy (non-hydrogen) atoms. The first-order chi connectivity index (χ1) is 6.98. The van der Waals surface area contributed by atoms with Gasteiger partial charge in [-0.25, -0.2) is 4.98 Å². The van der Waals surface area contributed by atoms with E-state index in [-0.39, 0.29) is 0 Å². The topological polar surface area (TPSA) is 12.9 Å². The molecule has 2 aromatic rings. The number of fused-ring (bicyclic) bond motifs is 1. The quantitative estimate of drug-likeness (QED) is 0.675. The summed E-state index contributed by atoms with van der Waals surface area (Å²) >= 11 is 4.94. The molecule has 0 saturated heterocycles. The summed E-state index contributed by atoms with van der Waals surface area (Å²) in [4.78, 5) is 3.83. The standard InChI is InChI=1S/C11H8ClF2N/c1-7-6-10(11(12,13)14)15-9-5-3-2-4-8(7)9/h2-6H,1H3. The monoisotopic (exact) mass is 227 g/mol. The number of halogens is 3. The molecule has 0 unspecified atom stereocenters. The number of aryl methyl sites for hydroxylation is 1. The molecule has 1 heterocycles. The second-order valence-corrected chi connectivity index (χ2v) is 3.81. The maximum Gasteiger partial charge on any atom is 0.364 e. The van der Waals surface area contributed by atoms with Crippen LogP contribution in [0.4, 0.5) is 8.78 Å². The molecule has 0 saturated carbocycles. The van der Waals surface area contributed by atoms with Gasteiger partial charge in [-0.3, -0.25) is 0 Å². The molecule has 2 rings (SSSR count). The van der Waals surface area contributed by atoms with E-state index in [9.17, 15) is 8.78 Å². The third-order valence-electron chi connectivity index (χ3n) is 2.21. The minimum absolute atomic E-state index is 0.402. The van der Waals surface area contributed by atoms with E-state index in [1.54, 1.807) is 19.1 Å². The molecular weight excluding hydrogens is 220 g/mol. The molecule has 0 N–H and O–H groups in total. The van der Waals surface area contributed by atoms with Crippen molar-refractivity contribution in [1.82, 2.24) is 4.98 Å². The average Bonchev–Trinajstić information content (AvgIpc) is 2.16. The van der Waals surface area contributed by atoms with Crippen LogP contribution in [0.5, 0.6) is 0 Å². The Bertz CT molecular complexity index is 505. The lowest BCUT2D eigenvalue weighted by molar-refractivity contribution is 0.0903. The van der Waals surface area contributed by atoms with Crippen LogP contribution < -0.4 is 0 Å². The molecular formula is C11H8ClF2N. The van der Waals surface area contributed by atoms with Crippen molar-refractivity contribution in [2.75, 3.05) is 0 Å². The van der Waals surface area contributed by atoms with Crippen LogP contribution in [0.1, 0.15) is 11.3 Å². The molecule has 1 nitrogen and oxygen atoms in total. The van der Waals surface area contributed by atoms with E-state index in [0.29, 0.717) is 5.52 Å². The second-order valence-electron chi connectivity index (χ2n) is 3.34. The first-order valence-electron chi connectivity index (χ1n) is 4.42. The number of hydrogen-bond acceptors (Lipinski definition) is 1. The molecule has 0 amide bonds. The van der Waals surface area contributed by atoms with Crippen molar-refractivity contribution in [2.24, 2.45) is 0 Å². The third-order valence-corrected chi connectivity index (χ3v) is 2.41. The number of pyridine rings is 1. The van der Waals surface area contributed by atoms with Gasteiger partial charge >= 0.3 is 5.38 Å². The lowest BCUT2D eigenvalue weighted by Gasteiger charge is -2.10. The van der Waals surface area contributed by atoms with Gasteiger partial charge in [0.15, 0.2) is 0 Å². The lowest BCUT2D eigenvalue weighted by Crippen LogP contribution is -2.07. The zero-order chi connectivity index (χ0) is 11.1. The lowest BCUT2D eigenvalue weighted by atomic mass is 10.1. The maximum atomic E-state index is 12.9. The van der Waals surface area contributed by atoms with E-state index in [1.807, 2.05) is 12.1 Å². The number of rotatable bonds is 1. The van der Waals surface area contributed by atoms with Crippen LogP contribution in [-0.2, 0) is 5.38 Å². The summed E-state index contributed by atoms with van der Waals surface area (Å²) in [5.41, 5.74) is 0.879. The van der Waals surface area contributed by atoms with Crippen LogP contribution in [0.2, 0.25) is 0 Å². The Morgan fingerprint density at radius 3 is 2.60 bits per heavy atom. The van der Waals surface area contributed by atoms with Crippen molar-refractivity contribution in [3.05, 3.63) is 41.6 Å². The van der Waals surface area contributed by atoms with Gasteiger partial charge in [0, 0.05) is 5.39 Å². The number of benzene rings is 1. The predicted molar refractivity (Wildman–Crippen MR) is 56.2 cm³/mol. The van der Waals surface area contributed by atoms with Crippen LogP contribution in [0.25, 0.3) is 10.9 Å². The van der Waals surface area contributed by atoms with Crippen LogP contribution in [0, 0.1) is 6.92 Å². The third kappa shape index (κ3) is 1.92. The minimum Gasteiger partial charge on any atom is -0.245 e. The molecule has 0 aliphatic rings. The zero-order valence-electron chi connectivity index (χ0n) is 7.97. The number of alkyl halides is 3. The van der Waals surface area contributed by atoms with Crippen molar-refractivity contribution >= 4 is 22.5 Å². The van der Waals surface area contributed by atoms with E-state index in [0.717, 1.165) is 10.9 Å². The summed E-state index contributed by atoms with van der Waals surface area (Å²) in [6.45, 7) is 1.76. The molecule has 4 heteroatoms. The average molecular weight is 228 g/mol. The first-order valence-corrected chi connectivity index (χ1v) is 4.80. The fraction of sp³-hybridized carbons (Fsp3) is 0.182. The first kappa shape index (κ1) is 10.3. The smallest absolute Gasteiger partial charge is 0.245 e. The van der Waals surface area contributed by atoms with E-state index < -0.39 is 11.1 Å². The van der Waals surface area contributed by atoms with Gasteiger partial charge in [-0.1, -0.05) is 18.2 Å². The van der Waals surface area contributed by atoms with Crippen LogP contribution in [0.3, 0.4) is 0 Å². The van der Waals surface area contributed by atoms with Gasteiger partial charge in [-0.05, 0) is 36.2 Å². The van der Waals surface area contributed by atoms with Gasteiger partial charge < -0.3 is 0 Å². The van der Waals surface area contributed by atoms with E-state index >= 15 is 0 Å². The Morgan fingerprint density at radius 2 is 1.93 bits per heavy atom. The van der Waals surface area contributed by atoms with Crippen LogP contribution in [0.15, 0.2) is 30.3 Å². The molecule has 1 aromatic heterocycles. The molecule has 0 bridgehead atoms. The summed E-state index contributed by atoms with van der Waals surface area (Å²) in [6, 6.07) is 8.44. The van der Waals surface area contributed by atoms with Crippen LogP contribution >= 0.6 is 11.6 Å². The zero-order valence-corrected chi connectivity index (χ0v) is 8.72. The van der Waals surface area contributed by atoms with Gasteiger partial charge in [0.05, 0.1) is 5.52 Å². The fourth-order valence-corrected chi connectivity index (χ4v) is 1.59. The van der Waals surface area contributed by atoms with Gasteiger partial charge in [0.1, 0.15) is 5.69 Å². The minimum atomic E-state index is -3.41. The molecule has 1 aromatic carbocycles. The van der Waals surface area contributed by atoms with E-state index in [1.165, 1.54) is 6.07 Å². The van der Waals surface area contributed by atoms with Crippen LogP contribution in [-0.4, -0.2) is 4.98 Å². The van der Waals surface area contributed by atoms with Crippen molar-refractivity contribution in [1.29, 1.82) is 0 Å².